The predicted molar refractivity (Wildman–Crippen MR) is 199 cm³/mol. The first kappa shape index (κ1) is 43.1. The van der Waals surface area contributed by atoms with Crippen molar-refractivity contribution >= 4 is 11.9 Å². The first-order chi connectivity index (χ1) is 26.7. The summed E-state index contributed by atoms with van der Waals surface area (Å²) in [5, 5.41) is 85.0. The van der Waals surface area contributed by atoms with Crippen molar-refractivity contribution in [1.82, 2.24) is 0 Å². The van der Waals surface area contributed by atoms with Crippen LogP contribution in [0, 0.1) is 51.2 Å². The molecule has 21 unspecified atom stereocenters. The van der Waals surface area contributed by atoms with E-state index >= 15 is 0 Å². The van der Waals surface area contributed by atoms with E-state index in [0.29, 0.717) is 32.1 Å². The lowest BCUT2D eigenvalue weighted by Gasteiger charge is -2.71. The largest absolute Gasteiger partial charge is 0.462 e. The number of carbonyl (C=O) groups is 2. The number of rotatable bonds is 8. The maximum atomic E-state index is 14.9. The smallest absolute Gasteiger partial charge is 0.314 e. The van der Waals surface area contributed by atoms with E-state index in [1.54, 1.807) is 0 Å². The van der Waals surface area contributed by atoms with Gasteiger partial charge in [0.2, 0.25) is 6.29 Å². The summed E-state index contributed by atoms with van der Waals surface area (Å²) in [5.41, 5.74) is -0.531. The van der Waals surface area contributed by atoms with Crippen molar-refractivity contribution in [3.63, 3.8) is 0 Å². The highest BCUT2D eigenvalue weighted by Gasteiger charge is 2.75. The predicted octanol–water partition coefficient (Wildman–Crippen LogP) is 0.854. The number of esters is 2. The van der Waals surface area contributed by atoms with Gasteiger partial charge in [-0.1, -0.05) is 45.1 Å². The Balaban J connectivity index is 1.17. The van der Waals surface area contributed by atoms with Crippen molar-refractivity contribution in [3.05, 3.63) is 24.3 Å². The van der Waals surface area contributed by atoms with Crippen LogP contribution < -0.4 is 0 Å². The number of carbonyl (C=O) groups excluding carboxylic acids is 2. The number of aliphatic hydroxyl groups excluding tert-OH is 8. The monoisotopic (exact) mass is 808 g/mol. The molecule has 3 saturated heterocycles. The van der Waals surface area contributed by atoms with Gasteiger partial charge in [0.15, 0.2) is 6.29 Å². The lowest BCUT2D eigenvalue weighted by Crippen LogP contribution is -2.69. The molecule has 7 aliphatic rings. The molecule has 7 fully saturated rings. The van der Waals surface area contributed by atoms with E-state index in [0.717, 1.165) is 24.0 Å². The summed E-state index contributed by atoms with van der Waals surface area (Å²) in [6.45, 7) is 18.1. The summed E-state index contributed by atoms with van der Waals surface area (Å²) >= 11 is 0. The van der Waals surface area contributed by atoms with E-state index in [-0.39, 0.29) is 46.8 Å². The molecule has 322 valence electrons. The van der Waals surface area contributed by atoms with Crippen LogP contribution in [0.2, 0.25) is 0 Å². The highest BCUT2D eigenvalue weighted by Crippen LogP contribution is 2.77. The molecular formula is C42H64O15. The van der Waals surface area contributed by atoms with E-state index in [9.17, 15) is 50.4 Å². The molecule has 4 saturated carbocycles. The SMILES string of the molecule is C=C(C)C1CCC2(C(=O)OC3OC(COC4OC(CO)C(O)C(O)C4O)C(O)C(O)C3O)CCC3(C)C(CC4OC(=O)CC(O)C5(C)C(C(=C)C)CCC3(C)C45)C12. The minimum absolute atomic E-state index is 0.00254. The lowest BCUT2D eigenvalue weighted by atomic mass is 9.33. The van der Waals surface area contributed by atoms with Crippen LogP contribution in [0.3, 0.4) is 0 Å². The summed E-state index contributed by atoms with van der Waals surface area (Å²) in [4.78, 5) is 28.2. The molecule has 7 rings (SSSR count). The van der Waals surface area contributed by atoms with Gasteiger partial charge in [0.25, 0.3) is 0 Å². The molecule has 0 bridgehead atoms. The minimum atomic E-state index is -1.83. The lowest BCUT2D eigenvalue weighted by molar-refractivity contribution is -0.329. The van der Waals surface area contributed by atoms with Crippen LogP contribution in [0.1, 0.15) is 86.0 Å². The quantitative estimate of drug-likeness (QED) is 0.125. The highest BCUT2D eigenvalue weighted by molar-refractivity contribution is 5.78. The summed E-state index contributed by atoms with van der Waals surface area (Å²) in [7, 11) is 0. The third-order valence-electron chi connectivity index (χ3n) is 16.7. The number of aliphatic hydroxyl groups is 8. The number of hydrogen-bond acceptors (Lipinski definition) is 15. The van der Waals surface area contributed by atoms with E-state index in [4.69, 9.17) is 23.7 Å². The molecule has 8 N–H and O–H groups in total. The molecule has 0 radical (unpaired) electrons. The summed E-state index contributed by atoms with van der Waals surface area (Å²) < 4.78 is 29.3. The number of fused-ring (bicyclic) bond motifs is 4. The van der Waals surface area contributed by atoms with Gasteiger partial charge >= 0.3 is 11.9 Å². The average molecular weight is 809 g/mol. The molecule has 15 nitrogen and oxygen atoms in total. The van der Waals surface area contributed by atoms with E-state index < -0.39 is 110 Å². The Hall–Kier alpha value is -2.02. The molecule has 0 aromatic heterocycles. The fraction of sp³-hybridized carbons (Fsp3) is 0.857. The molecule has 15 heteroatoms. The van der Waals surface area contributed by atoms with Crippen molar-refractivity contribution in [2.24, 2.45) is 51.2 Å². The Morgan fingerprint density at radius 1 is 0.789 bits per heavy atom. The van der Waals surface area contributed by atoms with Gasteiger partial charge in [-0.25, -0.2) is 0 Å². The van der Waals surface area contributed by atoms with Crippen molar-refractivity contribution in [3.8, 4) is 0 Å². The molecule has 57 heavy (non-hydrogen) atoms. The zero-order valence-corrected chi connectivity index (χ0v) is 33.7. The zero-order chi connectivity index (χ0) is 41.7. The third-order valence-corrected chi connectivity index (χ3v) is 16.7. The molecule has 3 aliphatic heterocycles. The van der Waals surface area contributed by atoms with E-state index in [1.807, 2.05) is 13.8 Å². The van der Waals surface area contributed by atoms with Crippen LogP contribution in [-0.2, 0) is 33.3 Å². The summed E-state index contributed by atoms with van der Waals surface area (Å²) in [6, 6.07) is 0. The summed E-state index contributed by atoms with van der Waals surface area (Å²) in [5.74, 6) is -1.68. The summed E-state index contributed by atoms with van der Waals surface area (Å²) in [6.07, 6.45) is -13.5. The van der Waals surface area contributed by atoms with Gasteiger partial charge in [-0.3, -0.25) is 9.59 Å². The number of allylic oxidation sites excluding steroid dienone is 2. The molecule has 0 spiro atoms. The van der Waals surface area contributed by atoms with Gasteiger partial charge in [-0.05, 0) is 93.3 Å². The van der Waals surface area contributed by atoms with Crippen LogP contribution in [0.4, 0.5) is 0 Å². The third kappa shape index (κ3) is 6.40. The van der Waals surface area contributed by atoms with Crippen LogP contribution in [-0.4, -0.2) is 140 Å². The van der Waals surface area contributed by atoms with E-state index in [1.165, 1.54) is 0 Å². The van der Waals surface area contributed by atoms with Gasteiger partial charge in [0.05, 0.1) is 31.2 Å². The van der Waals surface area contributed by atoms with Gasteiger partial charge in [-0.15, -0.1) is 0 Å². The van der Waals surface area contributed by atoms with Crippen molar-refractivity contribution in [2.75, 3.05) is 13.2 Å². The second-order valence-electron chi connectivity index (χ2n) is 19.3. The van der Waals surface area contributed by atoms with Gasteiger partial charge in [0.1, 0.15) is 54.9 Å². The molecule has 3 heterocycles. The second-order valence-corrected chi connectivity index (χ2v) is 19.3. The minimum Gasteiger partial charge on any atom is -0.462 e. The number of hydrogen-bond donors (Lipinski definition) is 8. The van der Waals surface area contributed by atoms with E-state index in [2.05, 4.69) is 33.9 Å². The fourth-order valence-electron chi connectivity index (χ4n) is 13.5. The maximum Gasteiger partial charge on any atom is 0.314 e. The van der Waals surface area contributed by atoms with Crippen LogP contribution in [0.5, 0.6) is 0 Å². The molecule has 0 amide bonds. The van der Waals surface area contributed by atoms with Gasteiger partial charge in [0, 0.05) is 11.3 Å². The Morgan fingerprint density at radius 3 is 2.05 bits per heavy atom. The molecule has 0 aromatic carbocycles. The van der Waals surface area contributed by atoms with Crippen molar-refractivity contribution < 1.29 is 74.1 Å². The Labute approximate surface area is 334 Å². The van der Waals surface area contributed by atoms with Crippen LogP contribution in [0.15, 0.2) is 24.3 Å². The van der Waals surface area contributed by atoms with Crippen molar-refractivity contribution in [1.29, 1.82) is 0 Å². The normalized spacial score (nSPS) is 53.4. The first-order valence-corrected chi connectivity index (χ1v) is 20.7. The van der Waals surface area contributed by atoms with Crippen molar-refractivity contribution in [2.45, 2.75) is 160 Å². The van der Waals surface area contributed by atoms with Crippen LogP contribution >= 0.6 is 0 Å². The van der Waals surface area contributed by atoms with Gasteiger partial charge < -0.3 is 64.5 Å². The molecular weight excluding hydrogens is 744 g/mol. The zero-order valence-electron chi connectivity index (χ0n) is 33.7. The number of ether oxygens (including phenoxy) is 5. The van der Waals surface area contributed by atoms with Gasteiger partial charge in [-0.2, -0.15) is 0 Å². The standard InChI is InChI=1S/C42H64O15/c1-18(2)20-8-11-42(38(52)57-37-34(51)32(49)30(47)25(56-37)17-53-36-33(50)31(48)29(46)24(16-43)55-36)13-12-39(5)22(28(20)42)14-23-35-40(39,6)10-9-21(19(3)4)41(35,7)26(44)15-27(45)54-23/h20-26,28-37,43-44,46-51H,1,3,8-17H2,2,4-7H3. The Morgan fingerprint density at radius 2 is 1.42 bits per heavy atom. The first-order valence-electron chi connectivity index (χ1n) is 20.7. The Kier molecular flexibility index (Phi) is 11.5. The second kappa shape index (κ2) is 15.2. The average Bonchev–Trinajstić information content (AvgIpc) is 3.52. The maximum absolute atomic E-state index is 14.9. The topological polar surface area (TPSA) is 242 Å². The Bertz CT molecular complexity index is 1590. The molecule has 4 aliphatic carbocycles. The van der Waals surface area contributed by atoms with Crippen LogP contribution in [0.25, 0.3) is 0 Å². The molecule has 21 atom stereocenters. The molecule has 0 aromatic rings. The highest BCUT2D eigenvalue weighted by atomic mass is 16.7. The fourth-order valence-corrected chi connectivity index (χ4v) is 13.5.